The van der Waals surface area contributed by atoms with Crippen LogP contribution in [0.1, 0.15) is 23.2 Å². The Kier molecular flexibility index (Phi) is 4.72. The zero-order chi connectivity index (χ0) is 15.5. The number of rotatable bonds is 3. The van der Waals surface area contributed by atoms with Gasteiger partial charge in [-0.15, -0.1) is 0 Å². The van der Waals surface area contributed by atoms with Crippen molar-refractivity contribution in [2.45, 2.75) is 25.1 Å². The van der Waals surface area contributed by atoms with E-state index in [1.165, 1.54) is 18.2 Å². The van der Waals surface area contributed by atoms with Crippen LogP contribution in [0.5, 0.6) is 5.75 Å². The molecule has 1 aliphatic heterocycles. The predicted molar refractivity (Wildman–Crippen MR) is 71.1 cm³/mol. The zero-order valence-electron chi connectivity index (χ0n) is 11.4. The van der Waals surface area contributed by atoms with E-state index in [1.807, 2.05) is 0 Å². The molecular formula is C14H17F3N2O2. The molecule has 1 heterocycles. The molecule has 1 aliphatic rings. The Morgan fingerprint density at radius 1 is 1.38 bits per heavy atom. The van der Waals surface area contributed by atoms with Gasteiger partial charge in [0.1, 0.15) is 5.75 Å². The van der Waals surface area contributed by atoms with E-state index in [0.29, 0.717) is 13.1 Å². The normalized spacial score (nSPS) is 19.4. The van der Waals surface area contributed by atoms with Crippen molar-refractivity contribution in [3.63, 3.8) is 0 Å². The Labute approximate surface area is 120 Å². The average molecular weight is 302 g/mol. The van der Waals surface area contributed by atoms with Crippen molar-refractivity contribution >= 4 is 5.91 Å². The first-order chi connectivity index (χ1) is 9.87. The van der Waals surface area contributed by atoms with Gasteiger partial charge in [-0.3, -0.25) is 4.79 Å². The highest BCUT2D eigenvalue weighted by Gasteiger charge is 2.30. The molecule has 1 unspecified atom stereocenters. The second-order valence-corrected chi connectivity index (χ2v) is 5.05. The SMILES string of the molecule is NC1CCCN(C(=O)c2ccccc2OCC(F)(F)F)C1. The van der Waals surface area contributed by atoms with Gasteiger partial charge in [0, 0.05) is 19.1 Å². The number of carbonyl (C=O) groups excluding carboxylic acids is 1. The largest absolute Gasteiger partial charge is 0.483 e. The number of nitrogens with zero attached hydrogens (tertiary/aromatic N) is 1. The third-order valence-corrected chi connectivity index (χ3v) is 3.25. The van der Waals surface area contributed by atoms with E-state index in [1.54, 1.807) is 11.0 Å². The number of ether oxygens (including phenoxy) is 1. The third-order valence-electron chi connectivity index (χ3n) is 3.25. The minimum Gasteiger partial charge on any atom is -0.483 e. The number of hydrogen-bond donors (Lipinski definition) is 1. The van der Waals surface area contributed by atoms with Gasteiger partial charge >= 0.3 is 6.18 Å². The molecule has 1 amide bonds. The minimum absolute atomic E-state index is 0.0565. The van der Waals surface area contributed by atoms with Crippen LogP contribution < -0.4 is 10.5 Å². The Morgan fingerprint density at radius 2 is 2.10 bits per heavy atom. The van der Waals surface area contributed by atoms with Crippen molar-refractivity contribution in [2.75, 3.05) is 19.7 Å². The van der Waals surface area contributed by atoms with Crippen molar-refractivity contribution in [3.05, 3.63) is 29.8 Å². The van der Waals surface area contributed by atoms with Crippen LogP contribution in [-0.4, -0.2) is 42.7 Å². The molecule has 7 heteroatoms. The number of nitrogens with two attached hydrogens (primary N) is 1. The highest BCUT2D eigenvalue weighted by molar-refractivity contribution is 5.97. The highest BCUT2D eigenvalue weighted by Crippen LogP contribution is 2.24. The fourth-order valence-electron chi connectivity index (χ4n) is 2.29. The van der Waals surface area contributed by atoms with Crippen LogP contribution in [0.25, 0.3) is 0 Å². The van der Waals surface area contributed by atoms with E-state index >= 15 is 0 Å². The summed E-state index contributed by atoms with van der Waals surface area (Å²) in [6.07, 6.45) is -2.81. The smallest absolute Gasteiger partial charge is 0.422 e. The molecule has 1 fully saturated rings. The van der Waals surface area contributed by atoms with Crippen LogP contribution in [0.15, 0.2) is 24.3 Å². The second-order valence-electron chi connectivity index (χ2n) is 5.05. The lowest BCUT2D eigenvalue weighted by atomic mass is 10.0. The maximum atomic E-state index is 12.4. The molecule has 2 rings (SSSR count). The number of hydrogen-bond acceptors (Lipinski definition) is 3. The number of benzene rings is 1. The lowest BCUT2D eigenvalue weighted by Gasteiger charge is -2.31. The molecule has 4 nitrogen and oxygen atoms in total. The molecule has 116 valence electrons. The summed E-state index contributed by atoms with van der Waals surface area (Å²) < 4.78 is 41.5. The van der Waals surface area contributed by atoms with Crippen LogP contribution in [-0.2, 0) is 0 Å². The summed E-state index contributed by atoms with van der Waals surface area (Å²) in [6.45, 7) is -0.455. The Hall–Kier alpha value is -1.76. The van der Waals surface area contributed by atoms with Gasteiger partial charge in [0.15, 0.2) is 6.61 Å². The fourth-order valence-corrected chi connectivity index (χ4v) is 2.29. The van der Waals surface area contributed by atoms with Crippen molar-refractivity contribution < 1.29 is 22.7 Å². The van der Waals surface area contributed by atoms with Gasteiger partial charge in [0.2, 0.25) is 0 Å². The minimum atomic E-state index is -4.44. The molecule has 0 spiro atoms. The van der Waals surface area contributed by atoms with Crippen molar-refractivity contribution in [3.8, 4) is 5.75 Å². The van der Waals surface area contributed by atoms with Gasteiger partial charge in [-0.25, -0.2) is 0 Å². The summed E-state index contributed by atoms with van der Waals surface area (Å²) in [7, 11) is 0. The second kappa shape index (κ2) is 6.34. The topological polar surface area (TPSA) is 55.6 Å². The zero-order valence-corrected chi connectivity index (χ0v) is 11.4. The van der Waals surface area contributed by atoms with Gasteiger partial charge < -0.3 is 15.4 Å². The first-order valence-electron chi connectivity index (χ1n) is 6.70. The summed E-state index contributed by atoms with van der Waals surface area (Å²) >= 11 is 0. The lowest BCUT2D eigenvalue weighted by molar-refractivity contribution is -0.153. The van der Waals surface area contributed by atoms with Crippen LogP contribution in [0.3, 0.4) is 0 Å². The van der Waals surface area contributed by atoms with E-state index in [2.05, 4.69) is 0 Å². The fraction of sp³-hybridized carbons (Fsp3) is 0.500. The summed E-state index contributed by atoms with van der Waals surface area (Å²) in [5.41, 5.74) is 5.96. The molecule has 1 aromatic rings. The Bertz CT molecular complexity index is 505. The summed E-state index contributed by atoms with van der Waals surface area (Å²) in [5.74, 6) is -0.401. The van der Waals surface area contributed by atoms with E-state index in [0.717, 1.165) is 12.8 Å². The number of likely N-dealkylation sites (tertiary alicyclic amines) is 1. The molecule has 21 heavy (non-hydrogen) atoms. The summed E-state index contributed by atoms with van der Waals surface area (Å²) in [4.78, 5) is 14.0. The quantitative estimate of drug-likeness (QED) is 0.931. The molecule has 0 aromatic heterocycles. The lowest BCUT2D eigenvalue weighted by Crippen LogP contribution is -2.45. The number of amides is 1. The maximum absolute atomic E-state index is 12.4. The summed E-state index contributed by atoms with van der Waals surface area (Å²) in [5, 5.41) is 0. The number of halogens is 3. The molecule has 2 N–H and O–H groups in total. The van der Waals surface area contributed by atoms with Crippen molar-refractivity contribution in [1.82, 2.24) is 4.90 Å². The molecule has 0 bridgehead atoms. The van der Waals surface area contributed by atoms with E-state index < -0.39 is 12.8 Å². The molecular weight excluding hydrogens is 285 g/mol. The molecule has 1 atom stereocenters. The molecule has 1 aromatic carbocycles. The number of piperidine rings is 1. The van der Waals surface area contributed by atoms with Crippen LogP contribution in [0.4, 0.5) is 13.2 Å². The first kappa shape index (κ1) is 15.6. The van der Waals surface area contributed by atoms with Crippen LogP contribution >= 0.6 is 0 Å². The van der Waals surface area contributed by atoms with E-state index in [-0.39, 0.29) is 23.3 Å². The van der Waals surface area contributed by atoms with Crippen molar-refractivity contribution in [1.29, 1.82) is 0 Å². The van der Waals surface area contributed by atoms with Crippen LogP contribution in [0.2, 0.25) is 0 Å². The molecule has 0 aliphatic carbocycles. The number of carbonyl (C=O) groups is 1. The molecule has 0 saturated carbocycles. The van der Waals surface area contributed by atoms with Crippen LogP contribution in [0, 0.1) is 0 Å². The maximum Gasteiger partial charge on any atom is 0.422 e. The Morgan fingerprint density at radius 3 is 2.76 bits per heavy atom. The monoisotopic (exact) mass is 302 g/mol. The van der Waals surface area contributed by atoms with Gasteiger partial charge in [-0.05, 0) is 25.0 Å². The first-order valence-corrected chi connectivity index (χ1v) is 6.70. The van der Waals surface area contributed by atoms with E-state index in [9.17, 15) is 18.0 Å². The van der Waals surface area contributed by atoms with Gasteiger partial charge in [-0.1, -0.05) is 12.1 Å². The predicted octanol–water partition coefficient (Wildman–Crippen LogP) is 2.19. The molecule has 0 radical (unpaired) electrons. The highest BCUT2D eigenvalue weighted by atomic mass is 19.4. The Balaban J connectivity index is 2.13. The summed E-state index contributed by atoms with van der Waals surface area (Å²) in [6, 6.07) is 5.87. The van der Waals surface area contributed by atoms with Gasteiger partial charge in [0.25, 0.3) is 5.91 Å². The van der Waals surface area contributed by atoms with Gasteiger partial charge in [0.05, 0.1) is 5.56 Å². The number of alkyl halides is 3. The average Bonchev–Trinajstić information content (AvgIpc) is 2.44. The molecule has 1 saturated heterocycles. The third kappa shape index (κ3) is 4.35. The number of para-hydroxylation sites is 1. The van der Waals surface area contributed by atoms with E-state index in [4.69, 9.17) is 10.5 Å². The van der Waals surface area contributed by atoms with Crippen molar-refractivity contribution in [2.24, 2.45) is 5.73 Å². The van der Waals surface area contributed by atoms with Gasteiger partial charge in [-0.2, -0.15) is 13.2 Å². The standard InChI is InChI=1S/C14H17F3N2O2/c15-14(16,17)9-21-12-6-2-1-5-11(12)13(20)19-7-3-4-10(18)8-19/h1-2,5-6,10H,3-4,7-9,18H2.